The third-order valence-electron chi connectivity index (χ3n) is 5.02. The Morgan fingerprint density at radius 2 is 1.52 bits per heavy atom. The molecule has 0 aliphatic carbocycles. The Hall–Kier alpha value is -3.44. The van der Waals surface area contributed by atoms with Crippen LogP contribution in [-0.2, 0) is 9.53 Å². The van der Waals surface area contributed by atoms with Gasteiger partial charge in [-0.1, -0.05) is 54.6 Å². The van der Waals surface area contributed by atoms with E-state index >= 15 is 0 Å². The lowest BCUT2D eigenvalue weighted by molar-refractivity contribution is -0.136. The summed E-state index contributed by atoms with van der Waals surface area (Å²) < 4.78 is 4.81. The Bertz CT molecular complexity index is 1130. The van der Waals surface area contributed by atoms with Crippen LogP contribution in [0.5, 0.6) is 0 Å². The van der Waals surface area contributed by atoms with Crippen molar-refractivity contribution in [2.75, 3.05) is 7.11 Å². The van der Waals surface area contributed by atoms with E-state index < -0.39 is 23.8 Å². The van der Waals surface area contributed by atoms with Crippen molar-refractivity contribution >= 4 is 40.2 Å². The molecule has 1 heterocycles. The number of rotatable bonds is 4. The van der Waals surface area contributed by atoms with Gasteiger partial charge >= 0.3 is 5.97 Å². The summed E-state index contributed by atoms with van der Waals surface area (Å²) in [5, 5.41) is 1.90. The number of ether oxygens (including phenoxy) is 1. The van der Waals surface area contributed by atoms with Crippen molar-refractivity contribution in [3.05, 3.63) is 94.5 Å². The molecule has 29 heavy (non-hydrogen) atoms. The van der Waals surface area contributed by atoms with Crippen LogP contribution in [0, 0.1) is 0 Å². The van der Waals surface area contributed by atoms with E-state index in [9.17, 15) is 14.4 Å². The lowest BCUT2D eigenvalue weighted by Crippen LogP contribution is -2.44. The number of methoxy groups -OCH3 is 1. The zero-order valence-corrected chi connectivity index (χ0v) is 16.3. The lowest BCUT2D eigenvalue weighted by Gasteiger charge is -2.34. The summed E-state index contributed by atoms with van der Waals surface area (Å²) >= 11 is 5.99. The second-order valence-corrected chi connectivity index (χ2v) is 7.10. The third kappa shape index (κ3) is 3.00. The number of carbonyl (C=O) groups excluding carboxylic acids is 3. The highest BCUT2D eigenvalue weighted by molar-refractivity contribution is 6.30. The van der Waals surface area contributed by atoms with Crippen LogP contribution in [0.1, 0.15) is 32.3 Å². The van der Waals surface area contributed by atoms with E-state index in [1.165, 1.54) is 7.11 Å². The Kier molecular flexibility index (Phi) is 4.68. The van der Waals surface area contributed by atoms with Crippen LogP contribution in [0.3, 0.4) is 0 Å². The van der Waals surface area contributed by atoms with E-state index in [0.29, 0.717) is 27.1 Å². The van der Waals surface area contributed by atoms with Crippen molar-refractivity contribution in [1.82, 2.24) is 4.90 Å². The van der Waals surface area contributed by atoms with E-state index in [-0.39, 0.29) is 5.57 Å². The Morgan fingerprint density at radius 3 is 2.03 bits per heavy atom. The molecule has 0 spiro atoms. The minimum atomic E-state index is -1.02. The van der Waals surface area contributed by atoms with Gasteiger partial charge in [0.05, 0.1) is 18.7 Å². The number of esters is 1. The summed E-state index contributed by atoms with van der Waals surface area (Å²) in [5.41, 5.74) is 1.30. The van der Waals surface area contributed by atoms with Crippen LogP contribution in [0.15, 0.2) is 72.8 Å². The first kappa shape index (κ1) is 18.9. The standard InChI is InChI=1S/C23H16ClNO4/c1-13(23(28)29-2)20(15-9-11-16(24)12-10-15)25-21(26)17-7-3-5-14-6-4-8-18(19(14)17)22(25)27/h3-12,20H,1H2,2H3/t20-/m1/s1. The molecular weight excluding hydrogens is 390 g/mol. The van der Waals surface area contributed by atoms with E-state index in [2.05, 4.69) is 6.58 Å². The minimum Gasteiger partial charge on any atom is -0.466 e. The summed E-state index contributed by atoms with van der Waals surface area (Å²) in [6.07, 6.45) is 0. The van der Waals surface area contributed by atoms with Gasteiger partial charge in [0.25, 0.3) is 11.8 Å². The molecule has 1 aliphatic rings. The summed E-state index contributed by atoms with van der Waals surface area (Å²) in [7, 11) is 1.22. The fraction of sp³-hybridized carbons (Fsp3) is 0.0870. The topological polar surface area (TPSA) is 63.7 Å². The van der Waals surface area contributed by atoms with Crippen LogP contribution < -0.4 is 0 Å². The fourth-order valence-corrected chi connectivity index (χ4v) is 3.80. The Morgan fingerprint density at radius 1 is 0.966 bits per heavy atom. The maximum atomic E-state index is 13.4. The monoisotopic (exact) mass is 405 g/mol. The highest BCUT2D eigenvalue weighted by Crippen LogP contribution is 2.37. The molecule has 6 heteroatoms. The van der Waals surface area contributed by atoms with Crippen molar-refractivity contribution in [3.8, 4) is 0 Å². The first-order valence-corrected chi connectivity index (χ1v) is 9.24. The molecular formula is C23H16ClNO4. The van der Waals surface area contributed by atoms with Gasteiger partial charge in [-0.15, -0.1) is 0 Å². The van der Waals surface area contributed by atoms with Gasteiger partial charge in [0, 0.05) is 21.5 Å². The van der Waals surface area contributed by atoms with Crippen LogP contribution in [0.25, 0.3) is 10.8 Å². The number of hydrogen-bond donors (Lipinski definition) is 0. The summed E-state index contributed by atoms with van der Waals surface area (Å²) in [4.78, 5) is 40.2. The second-order valence-electron chi connectivity index (χ2n) is 6.66. The normalized spacial score (nSPS) is 14.1. The van der Waals surface area contributed by atoms with Crippen LogP contribution >= 0.6 is 11.6 Å². The second kappa shape index (κ2) is 7.18. The van der Waals surface area contributed by atoms with Crippen LogP contribution in [0.4, 0.5) is 0 Å². The average Bonchev–Trinajstić information content (AvgIpc) is 2.74. The molecule has 0 saturated heterocycles. The molecule has 4 rings (SSSR count). The van der Waals surface area contributed by atoms with E-state index in [4.69, 9.17) is 16.3 Å². The first-order chi connectivity index (χ1) is 13.9. The van der Waals surface area contributed by atoms with Gasteiger partial charge in [0.15, 0.2) is 0 Å². The highest BCUT2D eigenvalue weighted by atomic mass is 35.5. The molecule has 0 unspecified atom stereocenters. The van der Waals surface area contributed by atoms with Gasteiger partial charge in [0.1, 0.15) is 0 Å². The minimum absolute atomic E-state index is 0.0249. The number of benzene rings is 3. The molecule has 3 aromatic rings. The molecule has 0 radical (unpaired) electrons. The summed E-state index contributed by atoms with van der Waals surface area (Å²) in [5.74, 6) is -1.70. The van der Waals surface area contributed by atoms with E-state index in [1.807, 2.05) is 12.1 Å². The van der Waals surface area contributed by atoms with Gasteiger partial charge in [0.2, 0.25) is 0 Å². The summed E-state index contributed by atoms with van der Waals surface area (Å²) in [6.45, 7) is 3.82. The molecule has 1 atom stereocenters. The number of imide groups is 1. The summed E-state index contributed by atoms with van der Waals surface area (Å²) in [6, 6.07) is 16.1. The van der Waals surface area contributed by atoms with Crippen molar-refractivity contribution in [2.45, 2.75) is 6.04 Å². The first-order valence-electron chi connectivity index (χ1n) is 8.86. The van der Waals surface area contributed by atoms with Crippen LogP contribution in [-0.4, -0.2) is 29.8 Å². The molecule has 5 nitrogen and oxygen atoms in total. The predicted octanol–water partition coefficient (Wildman–Crippen LogP) is 4.56. The maximum Gasteiger partial charge on any atom is 0.335 e. The SMILES string of the molecule is C=C(C(=O)OC)[C@H](c1ccc(Cl)cc1)N1C(=O)c2cccc3cccc(c23)C1=O. The van der Waals surface area contributed by atoms with Crippen molar-refractivity contribution in [3.63, 3.8) is 0 Å². The zero-order valence-electron chi connectivity index (χ0n) is 15.5. The Labute approximate surface area is 172 Å². The zero-order chi connectivity index (χ0) is 20.7. The smallest absolute Gasteiger partial charge is 0.335 e. The maximum absolute atomic E-state index is 13.4. The molecule has 144 valence electrons. The van der Waals surface area contributed by atoms with Gasteiger partial charge in [-0.05, 0) is 35.2 Å². The molecule has 0 aromatic heterocycles. The predicted molar refractivity (Wildman–Crippen MR) is 110 cm³/mol. The number of halogens is 1. The largest absolute Gasteiger partial charge is 0.466 e. The number of carbonyl (C=O) groups is 3. The molecule has 0 saturated carbocycles. The molecule has 0 fully saturated rings. The van der Waals surface area contributed by atoms with Crippen molar-refractivity contribution in [2.24, 2.45) is 0 Å². The molecule has 0 bridgehead atoms. The lowest BCUT2D eigenvalue weighted by atomic mass is 9.90. The van der Waals surface area contributed by atoms with Gasteiger partial charge in [-0.25, -0.2) is 4.79 Å². The quantitative estimate of drug-likeness (QED) is 0.362. The van der Waals surface area contributed by atoms with Gasteiger partial charge < -0.3 is 4.74 Å². The van der Waals surface area contributed by atoms with E-state index in [1.54, 1.807) is 48.5 Å². The highest BCUT2D eigenvalue weighted by Gasteiger charge is 2.40. The Balaban J connectivity index is 1.92. The molecule has 2 amide bonds. The third-order valence-corrected chi connectivity index (χ3v) is 5.28. The van der Waals surface area contributed by atoms with Gasteiger partial charge in [-0.2, -0.15) is 0 Å². The molecule has 3 aromatic carbocycles. The average molecular weight is 406 g/mol. The van der Waals surface area contributed by atoms with Crippen molar-refractivity contribution in [1.29, 1.82) is 0 Å². The van der Waals surface area contributed by atoms with Gasteiger partial charge in [-0.3, -0.25) is 14.5 Å². The number of nitrogens with zero attached hydrogens (tertiary/aromatic N) is 1. The van der Waals surface area contributed by atoms with E-state index in [0.717, 1.165) is 10.3 Å². The number of hydrogen-bond acceptors (Lipinski definition) is 4. The molecule has 0 N–H and O–H groups in total. The molecule has 1 aliphatic heterocycles. The van der Waals surface area contributed by atoms with Crippen molar-refractivity contribution < 1.29 is 19.1 Å². The van der Waals surface area contributed by atoms with Crippen LogP contribution in [0.2, 0.25) is 5.02 Å². The fourth-order valence-electron chi connectivity index (χ4n) is 3.68. The number of amides is 2.